The van der Waals surface area contributed by atoms with E-state index < -0.39 is 0 Å². The van der Waals surface area contributed by atoms with Crippen LogP contribution in [0, 0.1) is 0 Å². The summed E-state index contributed by atoms with van der Waals surface area (Å²) in [6.07, 6.45) is 0. The maximum Gasteiger partial charge on any atom is 0.319 e. The lowest BCUT2D eigenvalue weighted by molar-refractivity contribution is 0.122. The Hall–Kier alpha value is -2.64. The van der Waals surface area contributed by atoms with E-state index in [0.717, 1.165) is 53.8 Å². The number of morpholine rings is 1. The van der Waals surface area contributed by atoms with Crippen LogP contribution in [-0.4, -0.2) is 43.9 Å². The lowest BCUT2D eigenvalue weighted by atomic mass is 10.1. The highest BCUT2D eigenvalue weighted by atomic mass is 32.1. The van der Waals surface area contributed by atoms with Crippen molar-refractivity contribution in [3.8, 4) is 11.1 Å². The highest BCUT2D eigenvalue weighted by Crippen LogP contribution is 2.33. The maximum atomic E-state index is 11.6. The van der Waals surface area contributed by atoms with Gasteiger partial charge in [-0.05, 0) is 42.3 Å². The molecule has 4 rings (SSSR count). The molecule has 2 amide bonds. The molecule has 2 N–H and O–H groups in total. The fourth-order valence-corrected chi connectivity index (χ4v) is 4.12. The molecule has 3 aromatic rings. The first-order valence-electron chi connectivity index (χ1n) is 9.11. The van der Waals surface area contributed by atoms with Crippen LogP contribution in [-0.2, 0) is 4.74 Å². The van der Waals surface area contributed by atoms with E-state index in [1.54, 1.807) is 11.3 Å². The van der Waals surface area contributed by atoms with Crippen LogP contribution in [0.1, 0.15) is 6.92 Å². The number of hydrogen-bond donors (Lipinski definition) is 2. The summed E-state index contributed by atoms with van der Waals surface area (Å²) in [5.41, 5.74) is 4.06. The van der Waals surface area contributed by atoms with Crippen LogP contribution < -0.4 is 15.5 Å². The number of nitrogens with zero attached hydrogens (tertiary/aromatic N) is 2. The molecule has 7 heteroatoms. The van der Waals surface area contributed by atoms with Crippen LogP contribution in [0.5, 0.6) is 0 Å². The highest BCUT2D eigenvalue weighted by Gasteiger charge is 2.15. The summed E-state index contributed by atoms with van der Waals surface area (Å²) in [6.45, 7) is 5.81. The molecule has 0 radical (unpaired) electrons. The summed E-state index contributed by atoms with van der Waals surface area (Å²) in [5, 5.41) is 6.60. The Kier molecular flexibility index (Phi) is 5.22. The number of fused-ring (bicyclic) bond motifs is 1. The average molecular weight is 382 g/mol. The average Bonchev–Trinajstić information content (AvgIpc) is 3.13. The Morgan fingerprint density at radius 2 is 1.89 bits per heavy atom. The van der Waals surface area contributed by atoms with E-state index in [1.165, 1.54) is 4.70 Å². The molecule has 1 saturated heterocycles. The number of amides is 2. The van der Waals surface area contributed by atoms with E-state index in [-0.39, 0.29) is 6.03 Å². The summed E-state index contributed by atoms with van der Waals surface area (Å²) in [6, 6.07) is 14.0. The second-order valence-electron chi connectivity index (χ2n) is 6.34. The number of nitrogens with one attached hydrogen (secondary N) is 2. The first-order chi connectivity index (χ1) is 13.2. The van der Waals surface area contributed by atoms with Gasteiger partial charge in [0.15, 0.2) is 5.13 Å². The second kappa shape index (κ2) is 7.94. The number of thiazole rings is 1. The van der Waals surface area contributed by atoms with Gasteiger partial charge in [-0.1, -0.05) is 29.5 Å². The zero-order valence-electron chi connectivity index (χ0n) is 15.2. The first-order valence-corrected chi connectivity index (χ1v) is 9.93. The molecular formula is C20H22N4O2S. The van der Waals surface area contributed by atoms with E-state index in [1.807, 2.05) is 31.2 Å². The Labute approximate surface area is 162 Å². The minimum atomic E-state index is -0.188. The zero-order chi connectivity index (χ0) is 18.6. The summed E-state index contributed by atoms with van der Waals surface area (Å²) >= 11 is 1.72. The van der Waals surface area contributed by atoms with E-state index in [4.69, 9.17) is 9.72 Å². The highest BCUT2D eigenvalue weighted by molar-refractivity contribution is 7.22. The van der Waals surface area contributed by atoms with Crippen molar-refractivity contribution in [1.82, 2.24) is 10.3 Å². The van der Waals surface area contributed by atoms with Crippen LogP contribution >= 0.6 is 11.3 Å². The van der Waals surface area contributed by atoms with E-state index >= 15 is 0 Å². The third-order valence-corrected chi connectivity index (χ3v) is 5.55. The van der Waals surface area contributed by atoms with Gasteiger partial charge in [-0.15, -0.1) is 0 Å². The normalized spacial score (nSPS) is 14.3. The molecule has 0 atom stereocenters. The molecule has 2 aromatic carbocycles. The minimum Gasteiger partial charge on any atom is -0.378 e. The van der Waals surface area contributed by atoms with Crippen molar-refractivity contribution < 1.29 is 9.53 Å². The van der Waals surface area contributed by atoms with Gasteiger partial charge >= 0.3 is 6.03 Å². The molecule has 0 spiro atoms. The molecule has 1 fully saturated rings. The molecule has 6 nitrogen and oxygen atoms in total. The molecule has 0 bridgehead atoms. The van der Waals surface area contributed by atoms with Gasteiger partial charge < -0.3 is 20.3 Å². The van der Waals surface area contributed by atoms with Crippen LogP contribution in [0.3, 0.4) is 0 Å². The number of aromatic nitrogens is 1. The Morgan fingerprint density at radius 3 is 2.63 bits per heavy atom. The Balaban J connectivity index is 1.53. The van der Waals surface area contributed by atoms with E-state index in [0.29, 0.717) is 6.54 Å². The summed E-state index contributed by atoms with van der Waals surface area (Å²) in [7, 11) is 0. The third-order valence-electron chi connectivity index (χ3n) is 4.47. The van der Waals surface area contributed by atoms with Gasteiger partial charge in [0, 0.05) is 25.3 Å². The molecule has 1 aromatic heterocycles. The summed E-state index contributed by atoms with van der Waals surface area (Å²) in [4.78, 5) is 18.7. The number of rotatable bonds is 4. The standard InChI is InChI=1S/C20H22N4O2S/c1-2-21-19(25)22-16-6-3-14(4-7-16)15-5-8-17-18(13-15)27-20(23-17)24-9-11-26-12-10-24/h3-8,13H,2,9-12H2,1H3,(H2,21,22,25). The van der Waals surface area contributed by atoms with Crippen molar-refractivity contribution in [2.24, 2.45) is 0 Å². The summed E-state index contributed by atoms with van der Waals surface area (Å²) in [5.74, 6) is 0. The number of ether oxygens (including phenoxy) is 1. The number of hydrogen-bond acceptors (Lipinski definition) is 5. The van der Waals surface area contributed by atoms with Crippen LogP contribution in [0.4, 0.5) is 15.6 Å². The largest absolute Gasteiger partial charge is 0.378 e. The van der Waals surface area contributed by atoms with E-state index in [2.05, 4.69) is 33.7 Å². The molecular weight excluding hydrogens is 360 g/mol. The Bertz CT molecular complexity index is 933. The number of urea groups is 1. The predicted molar refractivity (Wildman–Crippen MR) is 111 cm³/mol. The quantitative estimate of drug-likeness (QED) is 0.717. The molecule has 27 heavy (non-hydrogen) atoms. The van der Waals surface area contributed by atoms with Crippen molar-refractivity contribution in [2.75, 3.05) is 43.1 Å². The number of carbonyl (C=O) groups is 1. The fourth-order valence-electron chi connectivity index (χ4n) is 3.06. The fraction of sp³-hybridized carbons (Fsp3) is 0.300. The lowest BCUT2D eigenvalue weighted by Crippen LogP contribution is -2.36. The Morgan fingerprint density at radius 1 is 1.15 bits per heavy atom. The summed E-state index contributed by atoms with van der Waals surface area (Å²) < 4.78 is 6.60. The minimum absolute atomic E-state index is 0.188. The van der Waals surface area contributed by atoms with Gasteiger partial charge in [-0.3, -0.25) is 0 Å². The molecule has 1 aliphatic heterocycles. The van der Waals surface area contributed by atoms with Crippen molar-refractivity contribution in [2.45, 2.75) is 6.92 Å². The smallest absolute Gasteiger partial charge is 0.319 e. The first kappa shape index (κ1) is 17.8. The van der Waals surface area contributed by atoms with Crippen molar-refractivity contribution in [1.29, 1.82) is 0 Å². The molecule has 1 aliphatic rings. The predicted octanol–water partition coefficient (Wildman–Crippen LogP) is 3.94. The molecule has 0 aliphatic carbocycles. The van der Waals surface area contributed by atoms with Gasteiger partial charge in [0.25, 0.3) is 0 Å². The van der Waals surface area contributed by atoms with Gasteiger partial charge in [-0.25, -0.2) is 9.78 Å². The van der Waals surface area contributed by atoms with Gasteiger partial charge in [0.1, 0.15) is 0 Å². The lowest BCUT2D eigenvalue weighted by Gasteiger charge is -2.25. The maximum absolute atomic E-state index is 11.6. The van der Waals surface area contributed by atoms with Crippen molar-refractivity contribution >= 4 is 38.4 Å². The topological polar surface area (TPSA) is 66.5 Å². The SMILES string of the molecule is CCNC(=O)Nc1ccc(-c2ccc3nc(N4CCOCC4)sc3c2)cc1. The van der Waals surface area contributed by atoms with Gasteiger partial charge in [0.2, 0.25) is 0 Å². The van der Waals surface area contributed by atoms with Crippen molar-refractivity contribution in [3.05, 3.63) is 42.5 Å². The van der Waals surface area contributed by atoms with E-state index in [9.17, 15) is 4.79 Å². The third kappa shape index (κ3) is 4.04. The molecule has 2 heterocycles. The number of carbonyl (C=O) groups excluding carboxylic acids is 1. The second-order valence-corrected chi connectivity index (χ2v) is 7.35. The van der Waals surface area contributed by atoms with Crippen molar-refractivity contribution in [3.63, 3.8) is 0 Å². The number of anilines is 2. The van der Waals surface area contributed by atoms with Gasteiger partial charge in [-0.2, -0.15) is 0 Å². The van der Waals surface area contributed by atoms with Crippen LogP contribution in [0.15, 0.2) is 42.5 Å². The zero-order valence-corrected chi connectivity index (χ0v) is 16.0. The monoisotopic (exact) mass is 382 g/mol. The number of benzene rings is 2. The molecule has 0 unspecified atom stereocenters. The van der Waals surface area contributed by atoms with Crippen LogP contribution in [0.25, 0.3) is 21.3 Å². The molecule has 0 saturated carbocycles. The van der Waals surface area contributed by atoms with Gasteiger partial charge in [0.05, 0.1) is 23.4 Å². The van der Waals surface area contributed by atoms with Crippen LogP contribution in [0.2, 0.25) is 0 Å². The molecule has 140 valence electrons.